The minimum absolute atomic E-state index is 0.269. The number of carbonyl (C=O) groups excluding carboxylic acids is 1. The highest BCUT2D eigenvalue weighted by Gasteiger charge is 2.14. The van der Waals surface area contributed by atoms with Gasteiger partial charge in [0, 0.05) is 12.3 Å². The van der Waals surface area contributed by atoms with E-state index in [9.17, 15) is 4.79 Å². The van der Waals surface area contributed by atoms with Crippen molar-refractivity contribution in [3.05, 3.63) is 35.7 Å². The lowest BCUT2D eigenvalue weighted by atomic mass is 10.2. The van der Waals surface area contributed by atoms with Crippen LogP contribution in [0.1, 0.15) is 16.1 Å². The minimum Gasteiger partial charge on any atom is -0.480 e. The highest BCUT2D eigenvalue weighted by atomic mass is 16.5. The van der Waals surface area contributed by atoms with E-state index in [4.69, 9.17) is 9.26 Å². The molecule has 0 atom stereocenters. The Bertz CT molecular complexity index is 536. The molecule has 0 bridgehead atoms. The number of pyridine rings is 1. The number of aryl methyl sites for hydroxylation is 1. The molecule has 0 spiro atoms. The van der Waals surface area contributed by atoms with Crippen LogP contribution >= 0.6 is 0 Å². The fraction of sp³-hybridized carbons (Fsp3) is 0.182. The average molecular weight is 233 g/mol. The third-order valence-corrected chi connectivity index (χ3v) is 2.08. The van der Waals surface area contributed by atoms with Gasteiger partial charge in [-0.2, -0.15) is 0 Å². The Hall–Kier alpha value is -2.37. The Morgan fingerprint density at radius 1 is 1.53 bits per heavy atom. The summed E-state index contributed by atoms with van der Waals surface area (Å²) in [6, 6.07) is 4.90. The molecule has 0 radical (unpaired) electrons. The fourth-order valence-electron chi connectivity index (χ4n) is 1.34. The largest absolute Gasteiger partial charge is 0.480 e. The zero-order valence-electron chi connectivity index (χ0n) is 9.43. The Morgan fingerprint density at radius 2 is 2.35 bits per heavy atom. The second-order valence-electron chi connectivity index (χ2n) is 3.34. The van der Waals surface area contributed by atoms with Crippen LogP contribution in [0.25, 0.3) is 0 Å². The monoisotopic (exact) mass is 233 g/mol. The summed E-state index contributed by atoms with van der Waals surface area (Å²) < 4.78 is 9.84. The molecule has 0 aliphatic carbocycles. The van der Waals surface area contributed by atoms with Gasteiger partial charge in [-0.15, -0.1) is 0 Å². The van der Waals surface area contributed by atoms with E-state index < -0.39 is 0 Å². The predicted molar refractivity (Wildman–Crippen MR) is 60.0 cm³/mol. The molecule has 0 aliphatic heterocycles. The maximum atomic E-state index is 11.9. The number of hydrogen-bond donors (Lipinski definition) is 1. The first-order valence-corrected chi connectivity index (χ1v) is 4.94. The van der Waals surface area contributed by atoms with E-state index in [0.29, 0.717) is 17.1 Å². The number of amides is 1. The highest BCUT2D eigenvalue weighted by Crippen LogP contribution is 2.16. The number of nitrogens with one attached hydrogen (secondary N) is 1. The van der Waals surface area contributed by atoms with E-state index in [-0.39, 0.29) is 11.8 Å². The second kappa shape index (κ2) is 4.65. The maximum absolute atomic E-state index is 11.9. The molecular weight excluding hydrogens is 222 g/mol. The molecule has 0 saturated carbocycles. The van der Waals surface area contributed by atoms with Crippen LogP contribution in [0.4, 0.5) is 5.82 Å². The smallest absolute Gasteiger partial charge is 0.262 e. The van der Waals surface area contributed by atoms with Crippen molar-refractivity contribution in [2.24, 2.45) is 0 Å². The van der Waals surface area contributed by atoms with Crippen LogP contribution in [0.3, 0.4) is 0 Å². The molecule has 2 aromatic heterocycles. The van der Waals surface area contributed by atoms with Crippen LogP contribution in [-0.4, -0.2) is 23.2 Å². The second-order valence-corrected chi connectivity index (χ2v) is 3.34. The van der Waals surface area contributed by atoms with Gasteiger partial charge in [-0.3, -0.25) is 4.79 Å². The third-order valence-electron chi connectivity index (χ3n) is 2.08. The van der Waals surface area contributed by atoms with Gasteiger partial charge in [0.2, 0.25) is 5.88 Å². The number of hydrogen-bond acceptors (Lipinski definition) is 5. The molecule has 0 aliphatic rings. The summed E-state index contributed by atoms with van der Waals surface area (Å²) in [6.45, 7) is 1.74. The van der Waals surface area contributed by atoms with Crippen LogP contribution in [0.15, 0.2) is 28.9 Å². The molecule has 88 valence electrons. The number of anilines is 1. The predicted octanol–water partition coefficient (Wildman–Crippen LogP) is 1.64. The number of ether oxygens (including phenoxy) is 1. The van der Waals surface area contributed by atoms with Crippen molar-refractivity contribution in [2.75, 3.05) is 12.4 Å². The minimum atomic E-state index is -0.344. The molecule has 1 amide bonds. The van der Waals surface area contributed by atoms with E-state index in [1.54, 1.807) is 31.3 Å². The first kappa shape index (κ1) is 11.1. The van der Waals surface area contributed by atoms with Gasteiger partial charge in [-0.25, -0.2) is 4.98 Å². The lowest BCUT2D eigenvalue weighted by molar-refractivity contribution is 0.102. The third kappa shape index (κ3) is 2.41. The summed E-state index contributed by atoms with van der Waals surface area (Å²) in [5.74, 6) is 0.908. The maximum Gasteiger partial charge on any atom is 0.262 e. The van der Waals surface area contributed by atoms with Crippen molar-refractivity contribution in [3.8, 4) is 5.88 Å². The molecule has 2 heterocycles. The number of methoxy groups -OCH3 is 1. The van der Waals surface area contributed by atoms with Gasteiger partial charge in [0.05, 0.1) is 7.11 Å². The first-order valence-electron chi connectivity index (χ1n) is 4.94. The number of rotatable bonds is 3. The molecule has 1 N–H and O–H groups in total. The lowest BCUT2D eigenvalue weighted by Crippen LogP contribution is -2.13. The Morgan fingerprint density at radius 3 is 3.00 bits per heavy atom. The Balaban J connectivity index is 2.20. The van der Waals surface area contributed by atoms with Gasteiger partial charge in [0.15, 0.2) is 5.82 Å². The Kier molecular flexibility index (Phi) is 3.04. The van der Waals surface area contributed by atoms with E-state index in [0.717, 1.165) is 0 Å². The zero-order valence-corrected chi connectivity index (χ0v) is 9.43. The fourth-order valence-corrected chi connectivity index (χ4v) is 1.34. The highest BCUT2D eigenvalue weighted by molar-refractivity contribution is 6.05. The number of nitrogens with zero attached hydrogens (tertiary/aromatic N) is 2. The van der Waals surface area contributed by atoms with E-state index >= 15 is 0 Å². The molecule has 0 saturated heterocycles. The Labute approximate surface area is 97.6 Å². The molecule has 6 heteroatoms. The van der Waals surface area contributed by atoms with Gasteiger partial charge in [-0.05, 0) is 19.1 Å². The number of aromatic nitrogens is 2. The van der Waals surface area contributed by atoms with Gasteiger partial charge < -0.3 is 14.6 Å². The van der Waals surface area contributed by atoms with Crippen LogP contribution in [-0.2, 0) is 0 Å². The van der Waals surface area contributed by atoms with Crippen molar-refractivity contribution >= 4 is 11.7 Å². The van der Waals surface area contributed by atoms with Gasteiger partial charge in [0.25, 0.3) is 5.91 Å². The van der Waals surface area contributed by atoms with Crippen LogP contribution < -0.4 is 10.1 Å². The van der Waals surface area contributed by atoms with E-state index in [1.807, 2.05) is 0 Å². The summed E-state index contributed by atoms with van der Waals surface area (Å²) in [4.78, 5) is 15.8. The van der Waals surface area contributed by atoms with Crippen molar-refractivity contribution in [1.29, 1.82) is 0 Å². The number of carbonyl (C=O) groups is 1. The molecule has 0 unspecified atom stereocenters. The van der Waals surface area contributed by atoms with Gasteiger partial charge >= 0.3 is 0 Å². The quantitative estimate of drug-likeness (QED) is 0.871. The van der Waals surface area contributed by atoms with E-state index in [2.05, 4.69) is 15.5 Å². The lowest BCUT2D eigenvalue weighted by Gasteiger charge is -2.05. The molecule has 0 aromatic carbocycles. The molecule has 0 fully saturated rings. The standard InChI is InChI=1S/C11H11N3O3/c1-7-6-9(14-17-7)13-10(15)8-4-3-5-12-11(8)16-2/h3-6H,1-2H3,(H,13,14,15). The zero-order chi connectivity index (χ0) is 12.3. The summed E-state index contributed by atoms with van der Waals surface area (Å²) >= 11 is 0. The van der Waals surface area contributed by atoms with Crippen molar-refractivity contribution in [1.82, 2.24) is 10.1 Å². The van der Waals surface area contributed by atoms with Crippen LogP contribution in [0.2, 0.25) is 0 Å². The topological polar surface area (TPSA) is 77.2 Å². The van der Waals surface area contributed by atoms with Crippen LogP contribution in [0.5, 0.6) is 5.88 Å². The van der Waals surface area contributed by atoms with Gasteiger partial charge in [0.1, 0.15) is 11.3 Å². The summed E-state index contributed by atoms with van der Waals surface area (Å²) in [7, 11) is 1.46. The molecule has 6 nitrogen and oxygen atoms in total. The van der Waals surface area contributed by atoms with Crippen LogP contribution in [0, 0.1) is 6.92 Å². The summed E-state index contributed by atoms with van der Waals surface area (Å²) in [5, 5.41) is 6.26. The summed E-state index contributed by atoms with van der Waals surface area (Å²) in [5.41, 5.74) is 0.343. The molecule has 2 rings (SSSR count). The molecule has 17 heavy (non-hydrogen) atoms. The van der Waals surface area contributed by atoms with E-state index in [1.165, 1.54) is 7.11 Å². The molecule has 2 aromatic rings. The summed E-state index contributed by atoms with van der Waals surface area (Å²) in [6.07, 6.45) is 1.55. The SMILES string of the molecule is COc1ncccc1C(=O)Nc1cc(C)on1. The van der Waals surface area contributed by atoms with Crippen molar-refractivity contribution in [3.63, 3.8) is 0 Å². The van der Waals surface area contributed by atoms with Crippen molar-refractivity contribution in [2.45, 2.75) is 6.92 Å². The van der Waals surface area contributed by atoms with Crippen molar-refractivity contribution < 1.29 is 14.1 Å². The average Bonchev–Trinajstić information content (AvgIpc) is 2.74. The first-order chi connectivity index (χ1) is 8.20. The molecular formula is C11H11N3O3. The van der Waals surface area contributed by atoms with Gasteiger partial charge in [-0.1, -0.05) is 5.16 Å². The normalized spacial score (nSPS) is 10.0.